The Balaban J connectivity index is 2.27. The normalized spacial score (nSPS) is 11.6. The number of anilines is 1. The molecule has 0 bridgehead atoms. The first kappa shape index (κ1) is 20.4. The third-order valence-electron chi connectivity index (χ3n) is 3.39. The number of halogens is 1. The number of nitrogens with two attached hydrogens (primary N) is 1. The molecule has 0 unspecified atom stereocenters. The zero-order valence-corrected chi connectivity index (χ0v) is 16.3. The number of amides is 1. The zero-order valence-electron chi connectivity index (χ0n) is 13.9. The van der Waals surface area contributed by atoms with Crippen LogP contribution in [0, 0.1) is 11.3 Å². The molecule has 0 spiro atoms. The molecule has 0 saturated heterocycles. The summed E-state index contributed by atoms with van der Waals surface area (Å²) in [5.74, 6) is -0.622. The van der Waals surface area contributed by atoms with Crippen LogP contribution in [0.15, 0.2) is 51.3 Å². The summed E-state index contributed by atoms with van der Waals surface area (Å²) in [7, 11) is -2.46. The number of rotatable bonds is 5. The molecule has 0 radical (unpaired) electrons. The number of aromatic hydroxyl groups is 1. The Labute approximate surface area is 164 Å². The molecule has 27 heavy (non-hydrogen) atoms. The monoisotopic (exact) mass is 451 g/mol. The Morgan fingerprint density at radius 3 is 2.48 bits per heavy atom. The van der Waals surface area contributed by atoms with E-state index in [2.05, 4.69) is 21.2 Å². The second kappa shape index (κ2) is 8.22. The van der Waals surface area contributed by atoms with Crippen molar-refractivity contribution in [1.82, 2.24) is 0 Å². The van der Waals surface area contributed by atoms with Gasteiger partial charge in [0.2, 0.25) is 10.0 Å². The Morgan fingerprint density at radius 2 is 1.96 bits per heavy atom. The minimum absolute atomic E-state index is 0.0995. The van der Waals surface area contributed by atoms with Gasteiger partial charge < -0.3 is 15.2 Å². The summed E-state index contributed by atoms with van der Waals surface area (Å²) in [5.41, 5.74) is 0.538. The van der Waals surface area contributed by atoms with Crippen molar-refractivity contribution in [1.29, 1.82) is 5.26 Å². The van der Waals surface area contributed by atoms with Crippen molar-refractivity contribution in [3.8, 4) is 17.6 Å². The van der Waals surface area contributed by atoms with Gasteiger partial charge in [-0.3, -0.25) is 4.79 Å². The number of hydrogen-bond acceptors (Lipinski definition) is 6. The minimum atomic E-state index is -3.84. The quantitative estimate of drug-likeness (QED) is 0.470. The van der Waals surface area contributed by atoms with Crippen molar-refractivity contribution in [2.24, 2.45) is 5.14 Å². The van der Waals surface area contributed by atoms with E-state index in [4.69, 9.17) is 9.88 Å². The van der Waals surface area contributed by atoms with Crippen LogP contribution < -0.4 is 15.2 Å². The minimum Gasteiger partial charge on any atom is -0.503 e. The van der Waals surface area contributed by atoms with Gasteiger partial charge in [0.05, 0.1) is 16.5 Å². The average molecular weight is 452 g/mol. The highest BCUT2D eigenvalue weighted by atomic mass is 79.9. The number of sulfonamides is 1. The van der Waals surface area contributed by atoms with Crippen LogP contribution in [0.2, 0.25) is 0 Å². The maximum Gasteiger partial charge on any atom is 0.266 e. The van der Waals surface area contributed by atoms with Crippen molar-refractivity contribution in [2.75, 3.05) is 12.4 Å². The predicted octanol–water partition coefficient (Wildman–Crippen LogP) is 2.36. The van der Waals surface area contributed by atoms with E-state index in [-0.39, 0.29) is 27.7 Å². The number of carbonyl (C=O) groups is 1. The van der Waals surface area contributed by atoms with Gasteiger partial charge in [0.25, 0.3) is 5.91 Å². The number of hydrogen-bond donors (Lipinski definition) is 3. The number of nitrogens with one attached hydrogen (secondary N) is 1. The van der Waals surface area contributed by atoms with E-state index < -0.39 is 15.9 Å². The van der Waals surface area contributed by atoms with Gasteiger partial charge in [-0.05, 0) is 64.0 Å². The summed E-state index contributed by atoms with van der Waals surface area (Å²) in [6, 6.07) is 9.96. The number of phenolic OH excluding ortho intramolecular Hbond substituents is 1. The molecule has 2 rings (SSSR count). The summed E-state index contributed by atoms with van der Waals surface area (Å²) in [4.78, 5) is 12.2. The molecule has 0 aliphatic carbocycles. The Kier molecular flexibility index (Phi) is 6.22. The van der Waals surface area contributed by atoms with Crippen molar-refractivity contribution in [3.05, 3.63) is 52.0 Å². The fourth-order valence-electron chi connectivity index (χ4n) is 2.07. The van der Waals surface area contributed by atoms with Gasteiger partial charge in [0.1, 0.15) is 11.6 Å². The highest BCUT2D eigenvalue weighted by molar-refractivity contribution is 9.10. The number of primary sulfonamides is 1. The lowest BCUT2D eigenvalue weighted by molar-refractivity contribution is -0.112. The molecule has 0 aliphatic rings. The highest BCUT2D eigenvalue weighted by Crippen LogP contribution is 2.35. The number of methoxy groups -OCH3 is 1. The molecule has 0 atom stereocenters. The van der Waals surface area contributed by atoms with Crippen molar-refractivity contribution in [3.63, 3.8) is 0 Å². The molecule has 1 amide bonds. The Morgan fingerprint density at radius 1 is 1.33 bits per heavy atom. The lowest BCUT2D eigenvalue weighted by Crippen LogP contribution is -2.14. The van der Waals surface area contributed by atoms with Gasteiger partial charge >= 0.3 is 0 Å². The Hall–Kier alpha value is -2.87. The van der Waals surface area contributed by atoms with E-state index in [1.165, 1.54) is 49.6 Å². The third-order valence-corrected chi connectivity index (χ3v) is 4.92. The van der Waals surface area contributed by atoms with Crippen LogP contribution >= 0.6 is 15.9 Å². The first-order valence-electron chi connectivity index (χ1n) is 7.28. The topological polar surface area (TPSA) is 143 Å². The third kappa shape index (κ3) is 5.07. The lowest BCUT2D eigenvalue weighted by Gasteiger charge is -2.08. The van der Waals surface area contributed by atoms with Crippen LogP contribution in [0.4, 0.5) is 5.69 Å². The summed E-state index contributed by atoms with van der Waals surface area (Å²) < 4.78 is 27.8. The standard InChI is InChI=1S/C17H14BrN3O5S/c1-26-15-8-10(7-14(18)16(15)22)6-11(9-19)17(23)21-12-2-4-13(5-3-12)27(20,24)25/h2-8,22H,1H3,(H,21,23)(H2,20,24,25)/b11-6+. The summed E-state index contributed by atoms with van der Waals surface area (Å²) in [5, 5.41) is 26.6. The molecule has 0 saturated carbocycles. The molecule has 0 aromatic heterocycles. The molecule has 2 aromatic rings. The van der Waals surface area contributed by atoms with E-state index in [1.54, 1.807) is 6.07 Å². The molecular formula is C17H14BrN3O5S. The van der Waals surface area contributed by atoms with Crippen LogP contribution in [-0.4, -0.2) is 26.5 Å². The van der Waals surface area contributed by atoms with Crippen LogP contribution in [0.5, 0.6) is 11.5 Å². The number of nitriles is 1. The molecule has 0 heterocycles. The fraction of sp³-hybridized carbons (Fsp3) is 0.0588. The molecular weight excluding hydrogens is 438 g/mol. The summed E-state index contributed by atoms with van der Waals surface area (Å²) in [6.07, 6.45) is 1.32. The predicted molar refractivity (Wildman–Crippen MR) is 102 cm³/mol. The van der Waals surface area contributed by atoms with Gasteiger partial charge in [-0.15, -0.1) is 0 Å². The van der Waals surface area contributed by atoms with Gasteiger partial charge in [-0.2, -0.15) is 5.26 Å². The average Bonchev–Trinajstić information content (AvgIpc) is 2.61. The first-order valence-corrected chi connectivity index (χ1v) is 9.62. The van der Waals surface area contributed by atoms with Gasteiger partial charge in [0.15, 0.2) is 11.5 Å². The smallest absolute Gasteiger partial charge is 0.266 e. The van der Waals surface area contributed by atoms with Crippen molar-refractivity contribution < 1.29 is 23.1 Å². The Bertz CT molecular complexity index is 1060. The van der Waals surface area contributed by atoms with Crippen LogP contribution in [0.3, 0.4) is 0 Å². The number of carbonyl (C=O) groups excluding carboxylic acids is 1. The molecule has 0 aliphatic heterocycles. The molecule has 0 fully saturated rings. The maximum atomic E-state index is 12.3. The van der Waals surface area contributed by atoms with E-state index >= 15 is 0 Å². The lowest BCUT2D eigenvalue weighted by atomic mass is 10.1. The van der Waals surface area contributed by atoms with E-state index in [0.717, 1.165) is 0 Å². The number of benzene rings is 2. The molecule has 4 N–H and O–H groups in total. The van der Waals surface area contributed by atoms with E-state index in [1.807, 2.05) is 0 Å². The molecule has 140 valence electrons. The number of ether oxygens (including phenoxy) is 1. The van der Waals surface area contributed by atoms with Crippen molar-refractivity contribution >= 4 is 43.6 Å². The van der Waals surface area contributed by atoms with E-state index in [9.17, 15) is 23.6 Å². The molecule has 10 heteroatoms. The maximum absolute atomic E-state index is 12.3. The molecule has 8 nitrogen and oxygen atoms in total. The highest BCUT2D eigenvalue weighted by Gasteiger charge is 2.13. The zero-order chi connectivity index (χ0) is 20.2. The van der Waals surface area contributed by atoms with Crippen LogP contribution in [-0.2, 0) is 14.8 Å². The molecule has 2 aromatic carbocycles. The SMILES string of the molecule is COc1cc(/C=C(\C#N)C(=O)Nc2ccc(S(N)(=O)=O)cc2)cc(Br)c1O. The number of nitrogens with zero attached hydrogens (tertiary/aromatic N) is 1. The largest absolute Gasteiger partial charge is 0.503 e. The second-order valence-corrected chi connectivity index (χ2v) is 7.66. The summed E-state index contributed by atoms with van der Waals surface area (Å²) in [6.45, 7) is 0. The van der Waals surface area contributed by atoms with E-state index in [0.29, 0.717) is 10.0 Å². The van der Waals surface area contributed by atoms with Crippen molar-refractivity contribution in [2.45, 2.75) is 4.90 Å². The van der Waals surface area contributed by atoms with Gasteiger partial charge in [0, 0.05) is 5.69 Å². The van der Waals surface area contributed by atoms with Gasteiger partial charge in [-0.25, -0.2) is 13.6 Å². The first-order chi connectivity index (χ1) is 12.7. The second-order valence-electron chi connectivity index (χ2n) is 5.25. The summed E-state index contributed by atoms with van der Waals surface area (Å²) >= 11 is 3.16. The number of phenols is 1. The van der Waals surface area contributed by atoms with Crippen LogP contribution in [0.25, 0.3) is 6.08 Å². The van der Waals surface area contributed by atoms with Crippen LogP contribution in [0.1, 0.15) is 5.56 Å². The van der Waals surface area contributed by atoms with Gasteiger partial charge in [-0.1, -0.05) is 0 Å². The fourth-order valence-corrected chi connectivity index (χ4v) is 3.05.